The molecular weight excluding hydrogens is 248 g/mol. The van der Waals surface area contributed by atoms with Gasteiger partial charge in [0.15, 0.2) is 0 Å². The van der Waals surface area contributed by atoms with Crippen LogP contribution in [0.4, 0.5) is 5.69 Å². The second-order valence-corrected chi connectivity index (χ2v) is 6.30. The van der Waals surface area contributed by atoms with Crippen LogP contribution < -0.4 is 10.2 Å². The number of hydrogen-bond donors (Lipinski definition) is 1. The molecule has 2 heterocycles. The van der Waals surface area contributed by atoms with Crippen molar-refractivity contribution in [3.8, 4) is 0 Å². The van der Waals surface area contributed by atoms with E-state index in [0.29, 0.717) is 12.1 Å². The Labute approximate surface area is 121 Å². The quantitative estimate of drug-likeness (QED) is 0.850. The van der Waals surface area contributed by atoms with Gasteiger partial charge in [-0.1, -0.05) is 25.0 Å². The molecule has 3 aliphatic rings. The maximum atomic E-state index is 6.02. The third kappa shape index (κ3) is 2.13. The summed E-state index contributed by atoms with van der Waals surface area (Å²) in [5, 5.41) is 3.48. The molecule has 0 amide bonds. The number of ether oxygens (including phenoxy) is 1. The molecule has 2 unspecified atom stereocenters. The third-order valence-corrected chi connectivity index (χ3v) is 5.16. The summed E-state index contributed by atoms with van der Waals surface area (Å²) in [5.41, 5.74) is 4.56. The first-order valence-electron chi connectivity index (χ1n) is 8.13. The molecule has 2 atom stereocenters. The van der Waals surface area contributed by atoms with E-state index in [0.717, 1.165) is 26.2 Å². The molecule has 0 aromatic heterocycles. The Balaban J connectivity index is 1.69. The van der Waals surface area contributed by atoms with Crippen molar-refractivity contribution in [3.63, 3.8) is 0 Å². The number of morpholine rings is 1. The molecule has 4 rings (SSSR count). The minimum atomic E-state index is 0.468. The van der Waals surface area contributed by atoms with E-state index < -0.39 is 0 Å². The smallest absolute Gasteiger partial charge is 0.0779 e. The number of rotatable bonds is 1. The van der Waals surface area contributed by atoms with E-state index in [9.17, 15) is 0 Å². The summed E-state index contributed by atoms with van der Waals surface area (Å²) in [4.78, 5) is 2.66. The van der Waals surface area contributed by atoms with Gasteiger partial charge in [-0.05, 0) is 43.0 Å². The zero-order valence-electron chi connectivity index (χ0n) is 12.1. The van der Waals surface area contributed by atoms with E-state index >= 15 is 0 Å². The van der Waals surface area contributed by atoms with E-state index in [2.05, 4.69) is 28.4 Å². The lowest BCUT2D eigenvalue weighted by molar-refractivity contribution is -0.00874. The largest absolute Gasteiger partial charge is 0.374 e. The lowest BCUT2D eigenvalue weighted by atomic mass is 9.88. The van der Waals surface area contributed by atoms with Gasteiger partial charge in [0.2, 0.25) is 0 Å². The average Bonchev–Trinajstić information content (AvgIpc) is 2.54. The lowest BCUT2D eigenvalue weighted by Gasteiger charge is -2.46. The van der Waals surface area contributed by atoms with Gasteiger partial charge in [-0.15, -0.1) is 0 Å². The Morgan fingerprint density at radius 1 is 1.20 bits per heavy atom. The van der Waals surface area contributed by atoms with E-state index in [1.54, 1.807) is 5.56 Å². The summed E-state index contributed by atoms with van der Waals surface area (Å²) >= 11 is 0. The summed E-state index contributed by atoms with van der Waals surface area (Å²) in [5.74, 6) is 0. The monoisotopic (exact) mass is 272 g/mol. The van der Waals surface area contributed by atoms with Gasteiger partial charge < -0.3 is 15.0 Å². The Morgan fingerprint density at radius 3 is 3.15 bits per heavy atom. The van der Waals surface area contributed by atoms with Gasteiger partial charge in [0, 0.05) is 18.8 Å². The molecule has 3 nitrogen and oxygen atoms in total. The van der Waals surface area contributed by atoms with Gasteiger partial charge in [0.1, 0.15) is 0 Å². The van der Waals surface area contributed by atoms with Gasteiger partial charge in [0.05, 0.1) is 18.8 Å². The van der Waals surface area contributed by atoms with E-state index in [1.165, 1.54) is 43.4 Å². The van der Waals surface area contributed by atoms with Crippen LogP contribution in [0.25, 0.3) is 0 Å². The van der Waals surface area contributed by atoms with Crippen molar-refractivity contribution < 1.29 is 4.74 Å². The van der Waals surface area contributed by atoms with Crippen molar-refractivity contribution in [1.29, 1.82) is 0 Å². The molecule has 0 bridgehead atoms. The maximum absolute atomic E-state index is 6.02. The van der Waals surface area contributed by atoms with Crippen LogP contribution in [0.2, 0.25) is 0 Å². The van der Waals surface area contributed by atoms with Crippen LogP contribution in [0, 0.1) is 0 Å². The molecule has 3 heteroatoms. The Morgan fingerprint density at radius 2 is 2.15 bits per heavy atom. The van der Waals surface area contributed by atoms with E-state index in [4.69, 9.17) is 4.74 Å². The molecule has 1 saturated heterocycles. The van der Waals surface area contributed by atoms with Crippen LogP contribution in [-0.2, 0) is 17.7 Å². The molecule has 0 radical (unpaired) electrons. The van der Waals surface area contributed by atoms with E-state index in [1.807, 2.05) is 0 Å². The maximum Gasteiger partial charge on any atom is 0.0779 e. The molecule has 1 aromatic carbocycles. The zero-order chi connectivity index (χ0) is 13.4. The minimum Gasteiger partial charge on any atom is -0.374 e. The molecule has 108 valence electrons. The molecule has 1 aliphatic carbocycles. The van der Waals surface area contributed by atoms with Gasteiger partial charge in [0.25, 0.3) is 0 Å². The second kappa shape index (κ2) is 5.38. The van der Waals surface area contributed by atoms with Crippen LogP contribution in [0.5, 0.6) is 0 Å². The molecule has 2 fully saturated rings. The first-order valence-corrected chi connectivity index (χ1v) is 8.13. The van der Waals surface area contributed by atoms with Gasteiger partial charge in [-0.3, -0.25) is 0 Å². The Hall–Kier alpha value is -1.06. The fraction of sp³-hybridized carbons (Fsp3) is 0.647. The molecular formula is C17H24N2O. The summed E-state index contributed by atoms with van der Waals surface area (Å²) in [6.07, 6.45) is 6.88. The number of fused-ring (bicyclic) bond motifs is 2. The highest BCUT2D eigenvalue weighted by molar-refractivity contribution is 5.59. The number of nitrogens with zero attached hydrogens (tertiary/aromatic N) is 1. The predicted octanol–water partition coefficient (Wildman–Crippen LogP) is 2.48. The van der Waals surface area contributed by atoms with Crippen LogP contribution >= 0.6 is 0 Å². The molecule has 2 aliphatic heterocycles. The lowest BCUT2D eigenvalue weighted by Crippen LogP contribution is -2.53. The van der Waals surface area contributed by atoms with Crippen molar-refractivity contribution in [3.05, 3.63) is 29.3 Å². The number of hydrogen-bond acceptors (Lipinski definition) is 3. The highest BCUT2D eigenvalue weighted by atomic mass is 16.5. The topological polar surface area (TPSA) is 24.5 Å². The number of benzene rings is 1. The predicted molar refractivity (Wildman–Crippen MR) is 81.2 cm³/mol. The summed E-state index contributed by atoms with van der Waals surface area (Å²) in [6, 6.07) is 7.46. The first-order chi connectivity index (χ1) is 9.93. The van der Waals surface area contributed by atoms with Gasteiger partial charge in [-0.2, -0.15) is 0 Å². The number of anilines is 1. The highest BCUT2D eigenvalue weighted by Crippen LogP contribution is 2.35. The van der Waals surface area contributed by atoms with Crippen LogP contribution in [0.1, 0.15) is 36.8 Å². The van der Waals surface area contributed by atoms with Crippen molar-refractivity contribution in [1.82, 2.24) is 5.32 Å². The summed E-state index contributed by atoms with van der Waals surface area (Å²) in [6.45, 7) is 4.10. The van der Waals surface area contributed by atoms with Crippen molar-refractivity contribution >= 4 is 5.69 Å². The minimum absolute atomic E-state index is 0.468. The normalized spacial score (nSPS) is 29.7. The van der Waals surface area contributed by atoms with Crippen LogP contribution in [0.15, 0.2) is 18.2 Å². The second-order valence-electron chi connectivity index (χ2n) is 6.30. The standard InChI is InChI=1S/C17H24N2O/c1-2-7-17-16(5-1)19(10-11-20-17)15-6-3-4-13-12-18-9-8-14(13)15/h3-4,6,16-18H,1-2,5,7-12H2. The van der Waals surface area contributed by atoms with Gasteiger partial charge >= 0.3 is 0 Å². The molecule has 1 aromatic rings. The van der Waals surface area contributed by atoms with Gasteiger partial charge in [-0.25, -0.2) is 0 Å². The van der Waals surface area contributed by atoms with Crippen molar-refractivity contribution in [2.75, 3.05) is 24.6 Å². The first kappa shape index (κ1) is 12.7. The zero-order valence-corrected chi connectivity index (χ0v) is 12.1. The molecule has 20 heavy (non-hydrogen) atoms. The average molecular weight is 272 g/mol. The van der Waals surface area contributed by atoms with Crippen molar-refractivity contribution in [2.24, 2.45) is 0 Å². The Bertz CT molecular complexity index is 486. The Kier molecular flexibility index (Phi) is 3.41. The number of nitrogens with one attached hydrogen (secondary N) is 1. The molecule has 1 N–H and O–H groups in total. The SMILES string of the molecule is c1cc2c(c(N3CCOC4CCCCC43)c1)CCNC2. The highest BCUT2D eigenvalue weighted by Gasteiger charge is 2.35. The third-order valence-electron chi connectivity index (χ3n) is 5.16. The fourth-order valence-electron chi connectivity index (χ4n) is 4.18. The van der Waals surface area contributed by atoms with Crippen molar-refractivity contribution in [2.45, 2.75) is 50.8 Å². The molecule has 0 spiro atoms. The summed E-state index contributed by atoms with van der Waals surface area (Å²) < 4.78 is 6.02. The van der Waals surface area contributed by atoms with E-state index in [-0.39, 0.29) is 0 Å². The van der Waals surface area contributed by atoms with Crippen LogP contribution in [-0.4, -0.2) is 31.8 Å². The molecule has 1 saturated carbocycles. The fourth-order valence-corrected chi connectivity index (χ4v) is 4.18. The van der Waals surface area contributed by atoms with Crippen LogP contribution in [0.3, 0.4) is 0 Å². The summed E-state index contributed by atoms with van der Waals surface area (Å²) in [7, 11) is 0.